The van der Waals surface area contributed by atoms with Gasteiger partial charge in [0.1, 0.15) is 0 Å². The van der Waals surface area contributed by atoms with Crippen LogP contribution in [0.25, 0.3) is 0 Å². The quantitative estimate of drug-likeness (QED) is 0.576. The summed E-state index contributed by atoms with van der Waals surface area (Å²) >= 11 is 0. The fourth-order valence-corrected chi connectivity index (χ4v) is 4.68. The zero-order valence-electron chi connectivity index (χ0n) is 13.0. The first kappa shape index (κ1) is 15.3. The van der Waals surface area contributed by atoms with Crippen LogP contribution in [0.4, 0.5) is 0 Å². The molecule has 0 spiro atoms. The molecule has 2 aliphatic carbocycles. The largest absolute Gasteiger partial charge is 0.271 e. The topological polar surface area (TPSA) is 38.0 Å². The Kier molecular flexibility index (Phi) is 6.15. The van der Waals surface area contributed by atoms with Gasteiger partial charge in [-0.15, -0.1) is 0 Å². The molecule has 2 saturated carbocycles. The van der Waals surface area contributed by atoms with Crippen LogP contribution in [0.5, 0.6) is 0 Å². The van der Waals surface area contributed by atoms with E-state index in [9.17, 15) is 0 Å². The molecule has 3 N–H and O–H groups in total. The lowest BCUT2D eigenvalue weighted by atomic mass is 9.72. The number of nitrogens with one attached hydrogen (secondary N) is 1. The Morgan fingerprint density at radius 1 is 1.00 bits per heavy atom. The minimum atomic E-state index is 0.562. The lowest BCUT2D eigenvalue weighted by Gasteiger charge is -2.37. The van der Waals surface area contributed by atoms with Gasteiger partial charge in [0.05, 0.1) is 0 Å². The van der Waals surface area contributed by atoms with Gasteiger partial charge in [0.25, 0.3) is 0 Å². The molecule has 3 unspecified atom stereocenters. The third-order valence-electron chi connectivity index (χ3n) is 5.61. The summed E-state index contributed by atoms with van der Waals surface area (Å²) in [6.45, 7) is 4.83. The zero-order valence-corrected chi connectivity index (χ0v) is 13.0. The summed E-state index contributed by atoms with van der Waals surface area (Å²) in [4.78, 5) is 0. The molecule has 0 aromatic heterocycles. The van der Waals surface area contributed by atoms with E-state index >= 15 is 0 Å². The van der Waals surface area contributed by atoms with E-state index in [-0.39, 0.29) is 0 Å². The molecule has 0 aromatic carbocycles. The standard InChI is InChI=1S/C17H34N2/c1-13-10-14(2)12-16(11-13)17(19-18)9-8-15-6-4-3-5-7-15/h13-17,19H,3-12,18H2,1-2H3. The predicted octanol–water partition coefficient (Wildman–Crippen LogP) is 4.25. The van der Waals surface area contributed by atoms with Crippen molar-refractivity contribution >= 4 is 0 Å². The van der Waals surface area contributed by atoms with Crippen molar-refractivity contribution in [3.8, 4) is 0 Å². The van der Waals surface area contributed by atoms with E-state index in [2.05, 4.69) is 19.3 Å². The third-order valence-corrected chi connectivity index (χ3v) is 5.61. The highest BCUT2D eigenvalue weighted by Crippen LogP contribution is 2.36. The van der Waals surface area contributed by atoms with Crippen LogP contribution in [0.3, 0.4) is 0 Å². The van der Waals surface area contributed by atoms with Crippen LogP contribution in [-0.2, 0) is 0 Å². The van der Waals surface area contributed by atoms with Crippen molar-refractivity contribution in [2.75, 3.05) is 0 Å². The van der Waals surface area contributed by atoms with Crippen molar-refractivity contribution < 1.29 is 0 Å². The van der Waals surface area contributed by atoms with Gasteiger partial charge in [0, 0.05) is 6.04 Å². The average molecular weight is 266 g/mol. The second kappa shape index (κ2) is 7.64. The van der Waals surface area contributed by atoms with Crippen LogP contribution in [0.15, 0.2) is 0 Å². The van der Waals surface area contributed by atoms with Gasteiger partial charge in [-0.2, -0.15) is 0 Å². The van der Waals surface area contributed by atoms with E-state index in [4.69, 9.17) is 5.84 Å². The molecule has 0 aliphatic heterocycles. The molecule has 0 aromatic rings. The second-order valence-corrected chi connectivity index (χ2v) is 7.53. The fourth-order valence-electron chi connectivity index (χ4n) is 4.68. The molecule has 19 heavy (non-hydrogen) atoms. The highest BCUT2D eigenvalue weighted by Gasteiger charge is 2.29. The molecule has 2 nitrogen and oxygen atoms in total. The monoisotopic (exact) mass is 266 g/mol. The average Bonchev–Trinajstić information content (AvgIpc) is 2.39. The molecule has 0 radical (unpaired) electrons. The number of hydrazine groups is 1. The Balaban J connectivity index is 1.78. The van der Waals surface area contributed by atoms with Crippen LogP contribution in [0, 0.1) is 23.7 Å². The molecule has 0 heterocycles. The lowest BCUT2D eigenvalue weighted by molar-refractivity contribution is 0.164. The van der Waals surface area contributed by atoms with Crippen molar-refractivity contribution in [3.05, 3.63) is 0 Å². The molecule has 0 bridgehead atoms. The van der Waals surface area contributed by atoms with Crippen LogP contribution >= 0.6 is 0 Å². The van der Waals surface area contributed by atoms with Gasteiger partial charge in [-0.05, 0) is 55.8 Å². The highest BCUT2D eigenvalue weighted by molar-refractivity contribution is 4.83. The summed E-state index contributed by atoms with van der Waals surface area (Å²) in [7, 11) is 0. The third kappa shape index (κ3) is 4.75. The van der Waals surface area contributed by atoms with E-state index in [1.165, 1.54) is 64.2 Å². The van der Waals surface area contributed by atoms with Crippen molar-refractivity contribution in [1.82, 2.24) is 5.43 Å². The predicted molar refractivity (Wildman–Crippen MR) is 82.6 cm³/mol. The number of hydrogen-bond acceptors (Lipinski definition) is 2. The van der Waals surface area contributed by atoms with Crippen LogP contribution in [-0.4, -0.2) is 6.04 Å². The Morgan fingerprint density at radius 3 is 2.21 bits per heavy atom. The minimum absolute atomic E-state index is 0.562. The zero-order chi connectivity index (χ0) is 13.7. The summed E-state index contributed by atoms with van der Waals surface area (Å²) in [6, 6.07) is 0.562. The van der Waals surface area contributed by atoms with Gasteiger partial charge in [-0.25, -0.2) is 0 Å². The Hall–Kier alpha value is -0.0800. The molecule has 3 atom stereocenters. The number of nitrogens with two attached hydrogens (primary N) is 1. The first-order chi connectivity index (χ1) is 9.19. The maximum Gasteiger partial charge on any atom is 0.0239 e. The van der Waals surface area contributed by atoms with Crippen LogP contribution < -0.4 is 11.3 Å². The van der Waals surface area contributed by atoms with Gasteiger partial charge in [-0.1, -0.05) is 46.0 Å². The van der Waals surface area contributed by atoms with Crippen molar-refractivity contribution in [2.45, 2.75) is 84.1 Å². The Morgan fingerprint density at radius 2 is 1.63 bits per heavy atom. The van der Waals surface area contributed by atoms with E-state index in [0.29, 0.717) is 6.04 Å². The minimum Gasteiger partial charge on any atom is -0.271 e. The lowest BCUT2D eigenvalue weighted by Crippen LogP contribution is -2.43. The summed E-state index contributed by atoms with van der Waals surface area (Å²) in [6.07, 6.45) is 14.2. The summed E-state index contributed by atoms with van der Waals surface area (Å²) in [5.74, 6) is 9.44. The normalized spacial score (nSPS) is 35.2. The molecule has 2 aliphatic rings. The first-order valence-corrected chi connectivity index (χ1v) is 8.65. The molecular weight excluding hydrogens is 232 g/mol. The van der Waals surface area contributed by atoms with E-state index in [1.54, 1.807) is 0 Å². The van der Waals surface area contributed by atoms with Gasteiger partial charge in [0.15, 0.2) is 0 Å². The maximum atomic E-state index is 5.86. The van der Waals surface area contributed by atoms with Gasteiger partial charge in [0.2, 0.25) is 0 Å². The van der Waals surface area contributed by atoms with Gasteiger partial charge < -0.3 is 0 Å². The molecule has 0 saturated heterocycles. The van der Waals surface area contributed by atoms with Crippen molar-refractivity contribution in [1.29, 1.82) is 0 Å². The van der Waals surface area contributed by atoms with E-state index in [0.717, 1.165) is 23.7 Å². The Labute approximate surface area is 119 Å². The fraction of sp³-hybridized carbons (Fsp3) is 1.00. The molecule has 2 heteroatoms. The maximum absolute atomic E-state index is 5.86. The summed E-state index contributed by atoms with van der Waals surface area (Å²) in [5, 5.41) is 0. The highest BCUT2D eigenvalue weighted by atomic mass is 15.2. The molecule has 2 fully saturated rings. The summed E-state index contributed by atoms with van der Waals surface area (Å²) in [5.41, 5.74) is 3.15. The molecule has 2 rings (SSSR count). The van der Waals surface area contributed by atoms with Gasteiger partial charge >= 0.3 is 0 Å². The number of hydrogen-bond donors (Lipinski definition) is 2. The molecule has 112 valence electrons. The first-order valence-electron chi connectivity index (χ1n) is 8.65. The van der Waals surface area contributed by atoms with E-state index in [1.807, 2.05) is 0 Å². The van der Waals surface area contributed by atoms with Gasteiger partial charge in [-0.3, -0.25) is 11.3 Å². The van der Waals surface area contributed by atoms with E-state index < -0.39 is 0 Å². The summed E-state index contributed by atoms with van der Waals surface area (Å²) < 4.78 is 0. The van der Waals surface area contributed by atoms with Crippen molar-refractivity contribution in [3.63, 3.8) is 0 Å². The SMILES string of the molecule is CC1CC(C)CC(C(CCC2CCCCC2)NN)C1. The second-order valence-electron chi connectivity index (χ2n) is 7.53. The van der Waals surface area contributed by atoms with Crippen molar-refractivity contribution in [2.24, 2.45) is 29.5 Å². The Bertz CT molecular complexity index is 238. The molecule has 0 amide bonds. The van der Waals surface area contributed by atoms with Crippen LogP contribution in [0.1, 0.15) is 78.1 Å². The number of rotatable bonds is 5. The molecular formula is C17H34N2. The smallest absolute Gasteiger partial charge is 0.0239 e. The van der Waals surface area contributed by atoms with Crippen LogP contribution in [0.2, 0.25) is 0 Å².